The summed E-state index contributed by atoms with van der Waals surface area (Å²) >= 11 is 0. The minimum atomic E-state index is -0.542. The summed E-state index contributed by atoms with van der Waals surface area (Å²) in [5.41, 5.74) is 1.30. The van der Waals surface area contributed by atoms with Gasteiger partial charge in [0, 0.05) is 1.37 Å². The van der Waals surface area contributed by atoms with E-state index in [1.165, 1.54) is 5.56 Å². The van der Waals surface area contributed by atoms with Crippen molar-refractivity contribution in [2.75, 3.05) is 0 Å². The minimum Gasteiger partial charge on any atom is -0.393 e. The van der Waals surface area contributed by atoms with Gasteiger partial charge in [-0.15, -0.1) is 0 Å². The second kappa shape index (κ2) is 5.46. The lowest BCUT2D eigenvalue weighted by Gasteiger charge is -2.31. The Morgan fingerprint density at radius 2 is 2.19 bits per heavy atom. The summed E-state index contributed by atoms with van der Waals surface area (Å²) in [4.78, 5) is 0. The first-order chi connectivity index (χ1) is 8.16. The number of aryl methyl sites for hydroxylation is 1. The van der Waals surface area contributed by atoms with Crippen molar-refractivity contribution in [3.8, 4) is 0 Å². The van der Waals surface area contributed by atoms with Gasteiger partial charge in [0.25, 0.3) is 0 Å². The molecule has 1 aromatic carbocycles. The average molecular weight is 221 g/mol. The normalized spacial score (nSPS) is 35.8. The van der Waals surface area contributed by atoms with Gasteiger partial charge < -0.3 is 9.84 Å². The van der Waals surface area contributed by atoms with E-state index in [1.54, 1.807) is 0 Å². The highest BCUT2D eigenvalue weighted by Gasteiger charge is 2.25. The van der Waals surface area contributed by atoms with Gasteiger partial charge in [-0.1, -0.05) is 30.3 Å². The highest BCUT2D eigenvalue weighted by Crippen LogP contribution is 2.22. The smallest absolute Gasteiger partial charge is 0.0606 e. The van der Waals surface area contributed by atoms with Crippen molar-refractivity contribution in [3.63, 3.8) is 0 Å². The minimum absolute atomic E-state index is 0.0850. The van der Waals surface area contributed by atoms with E-state index in [4.69, 9.17) is 6.11 Å². The average Bonchev–Trinajstić information content (AvgIpc) is 2.34. The van der Waals surface area contributed by atoms with Crippen molar-refractivity contribution in [3.05, 3.63) is 35.9 Å². The van der Waals surface area contributed by atoms with E-state index >= 15 is 0 Å². The molecular weight excluding hydrogens is 200 g/mol. The third-order valence-corrected chi connectivity index (χ3v) is 3.00. The van der Waals surface area contributed by atoms with E-state index in [0.29, 0.717) is 6.42 Å². The molecule has 0 amide bonds. The van der Waals surface area contributed by atoms with Gasteiger partial charge in [-0.25, -0.2) is 0 Å². The third kappa shape index (κ3) is 3.32. The van der Waals surface area contributed by atoms with Crippen LogP contribution in [-0.2, 0) is 11.2 Å². The van der Waals surface area contributed by atoms with E-state index in [1.807, 2.05) is 25.1 Å². The molecule has 2 nitrogen and oxygen atoms in total. The molecule has 0 aromatic heterocycles. The number of benzene rings is 1. The fourth-order valence-corrected chi connectivity index (χ4v) is 2.22. The summed E-state index contributed by atoms with van der Waals surface area (Å²) in [7, 11) is 0. The Hall–Kier alpha value is -0.860. The number of ether oxygens (including phenoxy) is 1. The lowest BCUT2D eigenvalue weighted by Crippen LogP contribution is -2.34. The molecule has 88 valence electrons. The van der Waals surface area contributed by atoms with Gasteiger partial charge in [0.2, 0.25) is 0 Å². The zero-order valence-electron chi connectivity index (χ0n) is 10.7. The van der Waals surface area contributed by atoms with Crippen LogP contribution in [0.15, 0.2) is 30.3 Å². The molecular formula is C14H20O2. The Bertz CT molecular complexity index is 329. The zero-order valence-corrected chi connectivity index (χ0v) is 9.67. The molecule has 1 aliphatic heterocycles. The summed E-state index contributed by atoms with van der Waals surface area (Å²) in [6.07, 6.45) is 1.35. The predicted molar refractivity (Wildman–Crippen MR) is 64.3 cm³/mol. The lowest BCUT2D eigenvalue weighted by atomic mass is 9.97. The molecule has 1 aliphatic rings. The van der Waals surface area contributed by atoms with Crippen LogP contribution in [0, 0.1) is 0 Å². The molecule has 16 heavy (non-hydrogen) atoms. The Morgan fingerprint density at radius 1 is 1.44 bits per heavy atom. The van der Waals surface area contributed by atoms with Crippen LogP contribution in [0.2, 0.25) is 0 Å². The second-order valence-corrected chi connectivity index (χ2v) is 4.48. The summed E-state index contributed by atoms with van der Waals surface area (Å²) in [6, 6.07) is 10.3. The van der Waals surface area contributed by atoms with Gasteiger partial charge in [-0.3, -0.25) is 0 Å². The maximum Gasteiger partial charge on any atom is 0.0606 e. The van der Waals surface area contributed by atoms with Crippen LogP contribution in [-0.4, -0.2) is 23.4 Å². The van der Waals surface area contributed by atoms with Gasteiger partial charge in [0.05, 0.1) is 18.3 Å². The van der Waals surface area contributed by atoms with Crippen LogP contribution in [0.4, 0.5) is 0 Å². The Balaban J connectivity index is 1.84. The van der Waals surface area contributed by atoms with Crippen LogP contribution < -0.4 is 0 Å². The monoisotopic (exact) mass is 221 g/mol. The van der Waals surface area contributed by atoms with E-state index in [9.17, 15) is 5.11 Å². The van der Waals surface area contributed by atoms with Crippen LogP contribution in [0.5, 0.6) is 0 Å². The lowest BCUT2D eigenvalue weighted by molar-refractivity contribution is -0.0897. The second-order valence-electron chi connectivity index (χ2n) is 4.48. The van der Waals surface area contributed by atoms with Crippen molar-refractivity contribution in [1.82, 2.24) is 0 Å². The standard InChI is InChI=1S/C14H20O2/c1-11-9-13(15)10-14(16-11)8-7-12-5-3-2-4-6-12/h2-6,11,13-15H,7-10H2,1H3/t11-,13+,14+/m1/s1/i9D/t9?,11-,13+,14+. The molecule has 0 spiro atoms. The third-order valence-electron chi connectivity index (χ3n) is 3.00. The van der Waals surface area contributed by atoms with Crippen molar-refractivity contribution in [1.29, 1.82) is 0 Å². The number of hydrogen-bond acceptors (Lipinski definition) is 2. The molecule has 0 saturated carbocycles. The first-order valence-electron chi connectivity index (χ1n) is 6.54. The SMILES string of the molecule is [2H]C1[C@H](O)C[C@H](CCc2ccccc2)O[C@@H]1C. The molecule has 1 N–H and O–H groups in total. The summed E-state index contributed by atoms with van der Waals surface area (Å²) in [5.74, 6) is 0. The Kier molecular flexibility index (Phi) is 3.52. The van der Waals surface area contributed by atoms with Crippen molar-refractivity contribution in [2.24, 2.45) is 0 Å². The zero-order chi connectivity index (χ0) is 12.3. The molecule has 1 heterocycles. The molecule has 0 aliphatic carbocycles. The molecule has 0 radical (unpaired) electrons. The van der Waals surface area contributed by atoms with E-state index in [-0.39, 0.29) is 12.2 Å². The highest BCUT2D eigenvalue weighted by atomic mass is 16.5. The van der Waals surface area contributed by atoms with E-state index in [2.05, 4.69) is 12.1 Å². The number of hydrogen-bond donors (Lipinski definition) is 1. The van der Waals surface area contributed by atoms with E-state index in [0.717, 1.165) is 12.8 Å². The summed E-state index contributed by atoms with van der Waals surface area (Å²) in [5, 5.41) is 9.75. The summed E-state index contributed by atoms with van der Waals surface area (Å²) in [6.45, 7) is 1.87. The molecule has 0 bridgehead atoms. The fourth-order valence-electron chi connectivity index (χ4n) is 2.22. The predicted octanol–water partition coefficient (Wildman–Crippen LogP) is 2.55. The fraction of sp³-hybridized carbons (Fsp3) is 0.571. The highest BCUT2D eigenvalue weighted by molar-refractivity contribution is 5.14. The molecule has 1 aromatic rings. The maximum absolute atomic E-state index is 9.75. The Labute approximate surface area is 98.7 Å². The van der Waals surface area contributed by atoms with Crippen molar-refractivity contribution >= 4 is 0 Å². The topological polar surface area (TPSA) is 29.5 Å². The van der Waals surface area contributed by atoms with Gasteiger partial charge in [0.15, 0.2) is 0 Å². The van der Waals surface area contributed by atoms with E-state index < -0.39 is 12.5 Å². The molecule has 2 rings (SSSR count). The van der Waals surface area contributed by atoms with Crippen LogP contribution >= 0.6 is 0 Å². The number of rotatable bonds is 3. The number of aliphatic hydroxyl groups excluding tert-OH is 1. The first-order valence-corrected chi connectivity index (χ1v) is 5.96. The van der Waals surface area contributed by atoms with Crippen molar-refractivity contribution < 1.29 is 11.2 Å². The molecule has 1 saturated heterocycles. The Morgan fingerprint density at radius 3 is 2.88 bits per heavy atom. The molecule has 2 heteroatoms. The molecule has 4 atom stereocenters. The maximum atomic E-state index is 9.75. The van der Waals surface area contributed by atoms with Gasteiger partial charge in [0.1, 0.15) is 0 Å². The molecule has 1 unspecified atom stereocenters. The van der Waals surface area contributed by atoms with Gasteiger partial charge in [-0.2, -0.15) is 0 Å². The quantitative estimate of drug-likeness (QED) is 0.850. The van der Waals surface area contributed by atoms with Gasteiger partial charge >= 0.3 is 0 Å². The van der Waals surface area contributed by atoms with Gasteiger partial charge in [-0.05, 0) is 38.1 Å². The van der Waals surface area contributed by atoms with Crippen LogP contribution in [0.1, 0.15) is 33.1 Å². The largest absolute Gasteiger partial charge is 0.393 e. The van der Waals surface area contributed by atoms with Crippen LogP contribution in [0.3, 0.4) is 0 Å². The van der Waals surface area contributed by atoms with Crippen LogP contribution in [0.25, 0.3) is 0 Å². The number of aliphatic hydroxyl groups is 1. The summed E-state index contributed by atoms with van der Waals surface area (Å²) < 4.78 is 13.4. The van der Waals surface area contributed by atoms with Crippen molar-refractivity contribution in [2.45, 2.75) is 50.9 Å². The first kappa shape index (κ1) is 10.3. The molecule has 1 fully saturated rings.